The number of esters is 1. The van der Waals surface area contributed by atoms with Gasteiger partial charge in [-0.15, -0.1) is 0 Å². The van der Waals surface area contributed by atoms with E-state index in [1.54, 1.807) is 31.4 Å². The summed E-state index contributed by atoms with van der Waals surface area (Å²) in [7, 11) is 1.70. The van der Waals surface area contributed by atoms with E-state index in [1.807, 2.05) is 12.1 Å². The molecule has 0 aliphatic rings. The summed E-state index contributed by atoms with van der Waals surface area (Å²) >= 11 is 0. The van der Waals surface area contributed by atoms with Crippen LogP contribution in [-0.4, -0.2) is 32.6 Å². The number of aldehydes is 1. The summed E-state index contributed by atoms with van der Waals surface area (Å²) in [5.74, 6) is 1.35. The van der Waals surface area contributed by atoms with Crippen LogP contribution in [0.1, 0.15) is 67.8 Å². The van der Waals surface area contributed by atoms with E-state index in [1.165, 1.54) is 37.3 Å². The van der Waals surface area contributed by atoms with Gasteiger partial charge in [0.1, 0.15) is 17.8 Å². The van der Waals surface area contributed by atoms with Gasteiger partial charge in [-0.25, -0.2) is 4.79 Å². The van der Waals surface area contributed by atoms with Crippen molar-refractivity contribution < 1.29 is 23.8 Å². The zero-order valence-electron chi connectivity index (χ0n) is 20.1. The van der Waals surface area contributed by atoms with Gasteiger partial charge in [-0.05, 0) is 80.5 Å². The summed E-state index contributed by atoms with van der Waals surface area (Å²) in [6.45, 7) is 6.65. The molecule has 0 aliphatic heterocycles. The molecule has 2 aromatic carbocycles. The SMILES string of the molecule is C=CC(=O)OCCCCCCOc1ccc(C=O)cc1.CCCCCc1ccc(OC)cc1. The van der Waals surface area contributed by atoms with Crippen LogP contribution in [0.15, 0.2) is 61.2 Å². The van der Waals surface area contributed by atoms with E-state index in [9.17, 15) is 9.59 Å². The molecule has 2 aromatic rings. The Kier molecular flexibility index (Phi) is 15.7. The molecular formula is C28H38O5. The molecule has 33 heavy (non-hydrogen) atoms. The maximum Gasteiger partial charge on any atom is 0.330 e. The standard InChI is InChI=1S/C16H20O4.C12H18O/c1-2-16(18)20-12-6-4-3-5-11-19-15-9-7-14(13-17)8-10-15;1-3-4-5-6-11-7-9-12(13-2)10-8-11/h2,7-10,13H,1,3-6,11-12H2;7-10H,3-6H2,1-2H3. The second-order valence-corrected chi connectivity index (χ2v) is 7.63. The van der Waals surface area contributed by atoms with Crippen LogP contribution in [-0.2, 0) is 16.0 Å². The van der Waals surface area contributed by atoms with E-state index >= 15 is 0 Å². The van der Waals surface area contributed by atoms with Crippen molar-refractivity contribution in [2.75, 3.05) is 20.3 Å². The number of rotatable bonds is 15. The molecule has 5 nitrogen and oxygen atoms in total. The molecule has 0 saturated heterocycles. The van der Waals surface area contributed by atoms with Crippen LogP contribution in [0, 0.1) is 0 Å². The number of aryl methyl sites for hydroxylation is 1. The topological polar surface area (TPSA) is 61.8 Å². The first-order chi connectivity index (χ1) is 16.1. The van der Waals surface area contributed by atoms with Gasteiger partial charge in [-0.3, -0.25) is 4.79 Å². The second kappa shape index (κ2) is 18.5. The molecule has 0 saturated carbocycles. The van der Waals surface area contributed by atoms with Crippen LogP contribution in [0.4, 0.5) is 0 Å². The maximum absolute atomic E-state index is 10.8. The molecule has 0 bridgehead atoms. The van der Waals surface area contributed by atoms with Gasteiger partial charge in [0.2, 0.25) is 0 Å². The van der Waals surface area contributed by atoms with Crippen LogP contribution in [0.2, 0.25) is 0 Å². The van der Waals surface area contributed by atoms with Gasteiger partial charge >= 0.3 is 5.97 Å². The Morgan fingerprint density at radius 3 is 2.06 bits per heavy atom. The Morgan fingerprint density at radius 2 is 1.48 bits per heavy atom. The normalized spacial score (nSPS) is 9.88. The molecule has 0 aromatic heterocycles. The summed E-state index contributed by atoms with van der Waals surface area (Å²) in [6.07, 6.45) is 10.9. The van der Waals surface area contributed by atoms with Crippen molar-refractivity contribution in [3.05, 3.63) is 72.3 Å². The lowest BCUT2D eigenvalue weighted by atomic mass is 10.1. The Bertz CT molecular complexity index is 781. The number of benzene rings is 2. The molecule has 180 valence electrons. The molecule has 0 heterocycles. The van der Waals surface area contributed by atoms with Gasteiger partial charge in [0.15, 0.2) is 0 Å². The second-order valence-electron chi connectivity index (χ2n) is 7.63. The molecule has 5 heteroatoms. The van der Waals surface area contributed by atoms with Crippen molar-refractivity contribution in [3.8, 4) is 11.5 Å². The van der Waals surface area contributed by atoms with Crippen LogP contribution in [0.5, 0.6) is 11.5 Å². The molecule has 0 spiro atoms. The van der Waals surface area contributed by atoms with E-state index in [0.29, 0.717) is 18.8 Å². The number of hydrogen-bond acceptors (Lipinski definition) is 5. The molecule has 0 fully saturated rings. The molecule has 0 atom stereocenters. The zero-order chi connectivity index (χ0) is 24.2. The molecular weight excluding hydrogens is 416 g/mol. The zero-order valence-corrected chi connectivity index (χ0v) is 20.1. The lowest BCUT2D eigenvalue weighted by Gasteiger charge is -2.06. The fraction of sp³-hybridized carbons (Fsp3) is 0.429. The molecule has 0 radical (unpaired) electrons. The first-order valence-corrected chi connectivity index (χ1v) is 11.7. The number of methoxy groups -OCH3 is 1. The summed E-state index contributed by atoms with van der Waals surface area (Å²) in [5.41, 5.74) is 2.06. The average molecular weight is 455 g/mol. The largest absolute Gasteiger partial charge is 0.497 e. The average Bonchev–Trinajstić information content (AvgIpc) is 2.86. The highest BCUT2D eigenvalue weighted by molar-refractivity contribution is 5.81. The monoisotopic (exact) mass is 454 g/mol. The number of carbonyl (C=O) groups excluding carboxylic acids is 2. The van der Waals surface area contributed by atoms with Gasteiger partial charge < -0.3 is 14.2 Å². The Morgan fingerprint density at radius 1 is 0.848 bits per heavy atom. The van der Waals surface area contributed by atoms with Crippen molar-refractivity contribution in [3.63, 3.8) is 0 Å². The van der Waals surface area contributed by atoms with Crippen molar-refractivity contribution in [1.29, 1.82) is 0 Å². The van der Waals surface area contributed by atoms with Gasteiger partial charge in [-0.1, -0.05) is 38.5 Å². The Labute approximate surface area is 198 Å². The molecule has 2 rings (SSSR count). The molecule has 0 unspecified atom stereocenters. The fourth-order valence-electron chi connectivity index (χ4n) is 2.99. The van der Waals surface area contributed by atoms with Crippen LogP contribution < -0.4 is 9.47 Å². The minimum atomic E-state index is -0.368. The summed E-state index contributed by atoms with van der Waals surface area (Å²) in [6, 6.07) is 15.4. The highest BCUT2D eigenvalue weighted by Crippen LogP contribution is 2.14. The predicted octanol–water partition coefficient (Wildman–Crippen LogP) is 6.60. The highest BCUT2D eigenvalue weighted by Gasteiger charge is 1.97. The van der Waals surface area contributed by atoms with Gasteiger partial charge in [0, 0.05) is 11.6 Å². The molecule has 0 amide bonds. The fourth-order valence-corrected chi connectivity index (χ4v) is 2.99. The predicted molar refractivity (Wildman–Crippen MR) is 133 cm³/mol. The van der Waals surface area contributed by atoms with E-state index in [0.717, 1.165) is 43.5 Å². The van der Waals surface area contributed by atoms with Crippen LogP contribution >= 0.6 is 0 Å². The van der Waals surface area contributed by atoms with Crippen molar-refractivity contribution in [2.24, 2.45) is 0 Å². The summed E-state index contributed by atoms with van der Waals surface area (Å²) in [5, 5.41) is 0. The van der Waals surface area contributed by atoms with Crippen molar-refractivity contribution in [1.82, 2.24) is 0 Å². The number of carbonyl (C=O) groups is 2. The third-order valence-electron chi connectivity index (χ3n) is 4.96. The minimum absolute atomic E-state index is 0.368. The third-order valence-corrected chi connectivity index (χ3v) is 4.96. The Hall–Kier alpha value is -3.08. The van der Waals surface area contributed by atoms with Crippen molar-refractivity contribution in [2.45, 2.75) is 58.3 Å². The van der Waals surface area contributed by atoms with Gasteiger partial charge in [0.25, 0.3) is 0 Å². The van der Waals surface area contributed by atoms with Crippen LogP contribution in [0.25, 0.3) is 0 Å². The van der Waals surface area contributed by atoms with E-state index < -0.39 is 0 Å². The quantitative estimate of drug-likeness (QED) is 0.131. The number of ether oxygens (including phenoxy) is 3. The molecule has 0 N–H and O–H groups in total. The van der Waals surface area contributed by atoms with E-state index in [2.05, 4.69) is 25.6 Å². The number of unbranched alkanes of at least 4 members (excludes halogenated alkanes) is 5. The summed E-state index contributed by atoms with van der Waals surface area (Å²) in [4.78, 5) is 21.3. The van der Waals surface area contributed by atoms with E-state index in [-0.39, 0.29) is 5.97 Å². The third kappa shape index (κ3) is 13.8. The smallest absolute Gasteiger partial charge is 0.330 e. The lowest BCUT2D eigenvalue weighted by Crippen LogP contribution is -2.02. The minimum Gasteiger partial charge on any atom is -0.497 e. The Balaban J connectivity index is 0.000000361. The van der Waals surface area contributed by atoms with Gasteiger partial charge in [-0.2, -0.15) is 0 Å². The lowest BCUT2D eigenvalue weighted by molar-refractivity contribution is -0.137. The van der Waals surface area contributed by atoms with Gasteiger partial charge in [0.05, 0.1) is 20.3 Å². The highest BCUT2D eigenvalue weighted by atomic mass is 16.5. The maximum atomic E-state index is 10.8. The number of hydrogen-bond donors (Lipinski definition) is 0. The molecule has 0 aliphatic carbocycles. The van der Waals surface area contributed by atoms with E-state index in [4.69, 9.17) is 14.2 Å². The first-order valence-electron chi connectivity index (χ1n) is 11.7. The first kappa shape index (κ1) is 28.0. The summed E-state index contributed by atoms with van der Waals surface area (Å²) < 4.78 is 15.5. The van der Waals surface area contributed by atoms with Crippen molar-refractivity contribution >= 4 is 12.3 Å². The van der Waals surface area contributed by atoms with Crippen LogP contribution in [0.3, 0.4) is 0 Å².